The van der Waals surface area contributed by atoms with E-state index in [2.05, 4.69) is 29.0 Å². The number of H-pyrrole nitrogens is 1. The van der Waals surface area contributed by atoms with Crippen molar-refractivity contribution >= 4 is 27.7 Å². The summed E-state index contributed by atoms with van der Waals surface area (Å²) in [6, 6.07) is 16.0. The molecule has 5 rings (SSSR count). The molecule has 1 amide bonds. The van der Waals surface area contributed by atoms with Crippen LogP contribution >= 0.6 is 0 Å². The summed E-state index contributed by atoms with van der Waals surface area (Å²) in [5.41, 5.74) is 3.68. The number of nitrogens with one attached hydrogen (secondary N) is 1. The highest BCUT2D eigenvalue weighted by Crippen LogP contribution is 2.33. The Bertz CT molecular complexity index is 1160. The van der Waals surface area contributed by atoms with Gasteiger partial charge in [-0.1, -0.05) is 30.3 Å². The highest BCUT2D eigenvalue weighted by Gasteiger charge is 2.33. The summed E-state index contributed by atoms with van der Waals surface area (Å²) in [5.74, 6) is 0.840. The Labute approximate surface area is 157 Å². The second kappa shape index (κ2) is 6.20. The molecule has 0 saturated carbocycles. The molecule has 2 aromatic carbocycles. The summed E-state index contributed by atoms with van der Waals surface area (Å²) >= 11 is 0. The van der Waals surface area contributed by atoms with Crippen molar-refractivity contribution in [2.45, 2.75) is 25.8 Å². The first-order chi connectivity index (χ1) is 13.2. The molecular formula is C22H20N4O. The number of likely N-dealkylation sites (tertiary alicyclic amines) is 1. The molecule has 1 fully saturated rings. The number of benzene rings is 2. The molecule has 1 saturated heterocycles. The number of carbonyl (C=O) groups excluding carboxylic acids is 1. The number of aryl methyl sites for hydroxylation is 1. The van der Waals surface area contributed by atoms with Crippen LogP contribution in [0.25, 0.3) is 21.8 Å². The molecule has 0 radical (unpaired) electrons. The first-order valence-corrected chi connectivity index (χ1v) is 9.32. The highest BCUT2D eigenvalue weighted by molar-refractivity contribution is 6.05. The van der Waals surface area contributed by atoms with E-state index in [1.807, 2.05) is 41.3 Å². The van der Waals surface area contributed by atoms with Gasteiger partial charge in [0, 0.05) is 18.1 Å². The van der Waals surface area contributed by atoms with Crippen molar-refractivity contribution in [3.05, 3.63) is 71.8 Å². The fourth-order valence-electron chi connectivity index (χ4n) is 4.02. The van der Waals surface area contributed by atoms with Gasteiger partial charge in [-0.05, 0) is 48.9 Å². The number of carbonyl (C=O) groups is 1. The predicted octanol–water partition coefficient (Wildman–Crippen LogP) is 4.40. The molecule has 1 aliphatic heterocycles. The topological polar surface area (TPSA) is 61.9 Å². The van der Waals surface area contributed by atoms with Gasteiger partial charge >= 0.3 is 0 Å². The summed E-state index contributed by atoms with van der Waals surface area (Å²) in [6.07, 6.45) is 3.59. The van der Waals surface area contributed by atoms with Gasteiger partial charge in [-0.15, -0.1) is 0 Å². The summed E-state index contributed by atoms with van der Waals surface area (Å²) in [7, 11) is 0. The summed E-state index contributed by atoms with van der Waals surface area (Å²) < 4.78 is 0. The van der Waals surface area contributed by atoms with Crippen molar-refractivity contribution in [3.8, 4) is 0 Å². The van der Waals surface area contributed by atoms with E-state index in [1.54, 1.807) is 6.20 Å². The molecule has 0 spiro atoms. The third-order valence-electron chi connectivity index (χ3n) is 5.36. The lowest BCUT2D eigenvalue weighted by Crippen LogP contribution is -2.31. The molecule has 2 aromatic heterocycles. The van der Waals surface area contributed by atoms with E-state index in [4.69, 9.17) is 4.98 Å². The minimum atomic E-state index is -0.0361. The Kier molecular flexibility index (Phi) is 3.67. The van der Waals surface area contributed by atoms with Crippen molar-refractivity contribution < 1.29 is 4.79 Å². The second-order valence-electron chi connectivity index (χ2n) is 7.18. The molecule has 0 bridgehead atoms. The monoisotopic (exact) mass is 356 g/mol. The quantitative estimate of drug-likeness (QED) is 0.579. The summed E-state index contributed by atoms with van der Waals surface area (Å²) in [6.45, 7) is 2.79. The predicted molar refractivity (Wildman–Crippen MR) is 106 cm³/mol. The SMILES string of the molecule is Cc1ccc2nc(C3CCCN3C(=O)c3nccc4ccccc34)[nH]c2c1. The van der Waals surface area contributed by atoms with Gasteiger partial charge < -0.3 is 9.88 Å². The largest absolute Gasteiger partial charge is 0.340 e. The number of fused-ring (bicyclic) bond motifs is 2. The van der Waals surface area contributed by atoms with Gasteiger partial charge in [0.15, 0.2) is 0 Å². The van der Waals surface area contributed by atoms with Crippen molar-refractivity contribution in [2.75, 3.05) is 6.54 Å². The zero-order valence-corrected chi connectivity index (χ0v) is 15.1. The number of aromatic nitrogens is 3. The molecule has 5 nitrogen and oxygen atoms in total. The van der Waals surface area contributed by atoms with Crippen LogP contribution in [0.15, 0.2) is 54.7 Å². The first-order valence-electron chi connectivity index (χ1n) is 9.32. The van der Waals surface area contributed by atoms with Crippen LogP contribution in [-0.2, 0) is 0 Å². The lowest BCUT2D eigenvalue weighted by atomic mass is 10.1. The molecular weight excluding hydrogens is 336 g/mol. The Hall–Kier alpha value is -3.21. The van der Waals surface area contributed by atoms with E-state index in [1.165, 1.54) is 5.56 Å². The van der Waals surface area contributed by atoms with Crippen LogP contribution in [0.1, 0.15) is 40.8 Å². The zero-order valence-electron chi connectivity index (χ0n) is 15.1. The Morgan fingerprint density at radius 1 is 1.19 bits per heavy atom. The maximum Gasteiger partial charge on any atom is 0.273 e. The number of hydrogen-bond acceptors (Lipinski definition) is 3. The maximum atomic E-state index is 13.3. The number of aromatic amines is 1. The third-order valence-corrected chi connectivity index (χ3v) is 5.36. The average Bonchev–Trinajstić information content (AvgIpc) is 3.33. The Morgan fingerprint density at radius 2 is 2.07 bits per heavy atom. The number of nitrogens with zero attached hydrogens (tertiary/aromatic N) is 3. The van der Waals surface area contributed by atoms with Crippen molar-refractivity contribution in [1.82, 2.24) is 19.9 Å². The molecule has 134 valence electrons. The van der Waals surface area contributed by atoms with Crippen molar-refractivity contribution in [3.63, 3.8) is 0 Å². The number of amides is 1. The van der Waals surface area contributed by atoms with Crippen LogP contribution in [0, 0.1) is 6.92 Å². The minimum Gasteiger partial charge on any atom is -0.340 e. The standard InChI is InChI=1S/C22H20N4O/c1-14-8-9-17-18(13-14)25-21(24-17)19-7-4-12-26(19)22(27)20-16-6-3-2-5-15(16)10-11-23-20/h2-3,5-6,8-11,13,19H,4,7,12H2,1H3,(H,24,25). The van der Waals surface area contributed by atoms with Gasteiger partial charge in [0.1, 0.15) is 11.5 Å². The van der Waals surface area contributed by atoms with E-state index >= 15 is 0 Å². The van der Waals surface area contributed by atoms with Crippen LogP contribution in [0.4, 0.5) is 0 Å². The van der Waals surface area contributed by atoms with Gasteiger partial charge in [0.25, 0.3) is 5.91 Å². The highest BCUT2D eigenvalue weighted by atomic mass is 16.2. The van der Waals surface area contributed by atoms with Gasteiger partial charge in [0.2, 0.25) is 0 Å². The molecule has 1 aliphatic rings. The van der Waals surface area contributed by atoms with E-state index in [0.717, 1.165) is 47.0 Å². The molecule has 1 unspecified atom stereocenters. The fourth-order valence-corrected chi connectivity index (χ4v) is 4.02. The van der Waals surface area contributed by atoms with Crippen molar-refractivity contribution in [1.29, 1.82) is 0 Å². The summed E-state index contributed by atoms with van der Waals surface area (Å²) in [4.78, 5) is 27.8. The molecule has 3 heterocycles. The van der Waals surface area contributed by atoms with Crippen molar-refractivity contribution in [2.24, 2.45) is 0 Å². The van der Waals surface area contributed by atoms with E-state index in [9.17, 15) is 4.79 Å². The molecule has 1 N–H and O–H groups in total. The van der Waals surface area contributed by atoms with Gasteiger partial charge in [0.05, 0.1) is 17.1 Å². The van der Waals surface area contributed by atoms with E-state index < -0.39 is 0 Å². The first kappa shape index (κ1) is 16.0. The molecule has 5 heteroatoms. The minimum absolute atomic E-state index is 0.0223. The summed E-state index contributed by atoms with van der Waals surface area (Å²) in [5, 5.41) is 1.93. The number of rotatable bonds is 2. The van der Waals surface area contributed by atoms with Crippen LogP contribution in [-0.4, -0.2) is 32.3 Å². The molecule has 0 aliphatic carbocycles. The third kappa shape index (κ3) is 2.67. The Balaban J connectivity index is 1.54. The second-order valence-corrected chi connectivity index (χ2v) is 7.18. The maximum absolute atomic E-state index is 13.3. The fraction of sp³-hybridized carbons (Fsp3) is 0.227. The van der Waals surface area contributed by atoms with E-state index in [0.29, 0.717) is 5.69 Å². The average molecular weight is 356 g/mol. The molecule has 1 atom stereocenters. The molecule has 4 aromatic rings. The number of imidazole rings is 1. The van der Waals surface area contributed by atoms with Gasteiger partial charge in [-0.2, -0.15) is 0 Å². The van der Waals surface area contributed by atoms with Gasteiger partial charge in [-0.25, -0.2) is 4.98 Å². The van der Waals surface area contributed by atoms with Crippen LogP contribution < -0.4 is 0 Å². The zero-order chi connectivity index (χ0) is 18.4. The van der Waals surface area contributed by atoms with Crippen LogP contribution in [0.2, 0.25) is 0 Å². The number of hydrogen-bond donors (Lipinski definition) is 1. The normalized spacial score (nSPS) is 17.1. The number of pyridine rings is 1. The Morgan fingerprint density at radius 3 is 3.00 bits per heavy atom. The lowest BCUT2D eigenvalue weighted by molar-refractivity contribution is 0.0727. The van der Waals surface area contributed by atoms with Crippen LogP contribution in [0.5, 0.6) is 0 Å². The molecule has 27 heavy (non-hydrogen) atoms. The van der Waals surface area contributed by atoms with Crippen LogP contribution in [0.3, 0.4) is 0 Å². The lowest BCUT2D eigenvalue weighted by Gasteiger charge is -2.23. The smallest absolute Gasteiger partial charge is 0.273 e. The van der Waals surface area contributed by atoms with E-state index in [-0.39, 0.29) is 11.9 Å². The van der Waals surface area contributed by atoms with Gasteiger partial charge in [-0.3, -0.25) is 9.78 Å².